The Kier molecular flexibility index (Phi) is 5.77. The zero-order valence-corrected chi connectivity index (χ0v) is 13.4. The van der Waals surface area contributed by atoms with Crippen molar-refractivity contribution in [1.29, 1.82) is 0 Å². The minimum Gasteiger partial charge on any atom is -0.309 e. The van der Waals surface area contributed by atoms with E-state index in [9.17, 15) is 0 Å². The quantitative estimate of drug-likeness (QED) is 0.832. The van der Waals surface area contributed by atoms with E-state index in [-0.39, 0.29) is 0 Å². The van der Waals surface area contributed by atoms with E-state index in [0.717, 1.165) is 13.1 Å². The Bertz CT molecular complexity index is 505. The van der Waals surface area contributed by atoms with Gasteiger partial charge in [0.15, 0.2) is 0 Å². The van der Waals surface area contributed by atoms with Crippen LogP contribution in [0.15, 0.2) is 41.8 Å². The van der Waals surface area contributed by atoms with Crippen molar-refractivity contribution in [2.24, 2.45) is 0 Å². The first kappa shape index (κ1) is 15.2. The highest BCUT2D eigenvalue weighted by Crippen LogP contribution is 2.25. The number of nitrogens with zero attached hydrogens (tertiary/aromatic N) is 1. The monoisotopic (exact) mass is 288 g/mol. The van der Waals surface area contributed by atoms with Crippen LogP contribution in [-0.2, 0) is 6.54 Å². The summed E-state index contributed by atoms with van der Waals surface area (Å²) < 4.78 is 0. The molecule has 108 valence electrons. The Morgan fingerprint density at radius 2 is 1.90 bits per heavy atom. The van der Waals surface area contributed by atoms with Gasteiger partial charge in [-0.2, -0.15) is 0 Å². The Balaban J connectivity index is 1.84. The zero-order valence-electron chi connectivity index (χ0n) is 12.6. The summed E-state index contributed by atoms with van der Waals surface area (Å²) in [5.41, 5.74) is 2.63. The molecule has 0 aliphatic carbocycles. The summed E-state index contributed by atoms with van der Waals surface area (Å²) in [5, 5.41) is 5.85. The lowest BCUT2D eigenvalue weighted by molar-refractivity contribution is 0.366. The molecule has 2 nitrogen and oxygen atoms in total. The third-order valence-corrected chi connectivity index (χ3v) is 4.33. The average molecular weight is 288 g/mol. The van der Waals surface area contributed by atoms with E-state index in [2.05, 4.69) is 73.0 Å². The van der Waals surface area contributed by atoms with Crippen LogP contribution in [0.3, 0.4) is 0 Å². The van der Waals surface area contributed by atoms with E-state index >= 15 is 0 Å². The Morgan fingerprint density at radius 1 is 1.15 bits per heavy atom. The van der Waals surface area contributed by atoms with E-state index in [0.29, 0.717) is 6.04 Å². The molecule has 1 atom stereocenters. The first-order chi connectivity index (χ1) is 9.65. The molecule has 20 heavy (non-hydrogen) atoms. The summed E-state index contributed by atoms with van der Waals surface area (Å²) >= 11 is 1.84. The lowest BCUT2D eigenvalue weighted by Gasteiger charge is -2.16. The molecule has 1 aromatic heterocycles. The SMILES string of the molecule is CC(CCN(C)C)NCc1cc(-c2ccccc2)cs1. The van der Waals surface area contributed by atoms with E-state index in [4.69, 9.17) is 0 Å². The van der Waals surface area contributed by atoms with Crippen molar-refractivity contribution in [2.75, 3.05) is 20.6 Å². The summed E-state index contributed by atoms with van der Waals surface area (Å²) in [6.07, 6.45) is 1.18. The maximum absolute atomic E-state index is 3.60. The third kappa shape index (κ3) is 4.75. The molecule has 1 aromatic carbocycles. The standard InChI is InChI=1S/C17H24N2S/c1-14(9-10-19(2)3)18-12-17-11-16(13-20-17)15-7-5-4-6-8-15/h4-8,11,13-14,18H,9-10,12H2,1-3H3. The van der Waals surface area contributed by atoms with Gasteiger partial charge in [0.1, 0.15) is 0 Å². The molecule has 0 aliphatic heterocycles. The van der Waals surface area contributed by atoms with Gasteiger partial charge in [0.2, 0.25) is 0 Å². The normalized spacial score (nSPS) is 12.8. The molecule has 0 saturated heterocycles. The van der Waals surface area contributed by atoms with Gasteiger partial charge in [-0.3, -0.25) is 0 Å². The molecule has 0 amide bonds. The lowest BCUT2D eigenvalue weighted by atomic mass is 10.1. The van der Waals surface area contributed by atoms with Gasteiger partial charge >= 0.3 is 0 Å². The largest absolute Gasteiger partial charge is 0.309 e. The molecule has 3 heteroatoms. The Hall–Kier alpha value is -1.16. The zero-order chi connectivity index (χ0) is 14.4. The molecule has 2 rings (SSSR count). The van der Waals surface area contributed by atoms with Crippen molar-refractivity contribution in [3.8, 4) is 11.1 Å². The number of rotatable bonds is 7. The molecular formula is C17H24N2S. The maximum Gasteiger partial charge on any atom is 0.0302 e. The van der Waals surface area contributed by atoms with Gasteiger partial charge in [-0.25, -0.2) is 0 Å². The number of nitrogens with one attached hydrogen (secondary N) is 1. The minimum atomic E-state index is 0.555. The van der Waals surface area contributed by atoms with E-state index in [1.165, 1.54) is 22.4 Å². The molecule has 0 saturated carbocycles. The highest BCUT2D eigenvalue weighted by Gasteiger charge is 2.05. The van der Waals surface area contributed by atoms with Crippen LogP contribution in [0.5, 0.6) is 0 Å². The van der Waals surface area contributed by atoms with Crippen LogP contribution >= 0.6 is 11.3 Å². The lowest BCUT2D eigenvalue weighted by Crippen LogP contribution is -2.29. The maximum atomic E-state index is 3.60. The summed E-state index contributed by atoms with van der Waals surface area (Å²) in [4.78, 5) is 3.64. The van der Waals surface area contributed by atoms with E-state index in [1.54, 1.807) is 0 Å². The third-order valence-electron chi connectivity index (χ3n) is 3.39. The van der Waals surface area contributed by atoms with E-state index < -0.39 is 0 Å². The molecule has 0 radical (unpaired) electrons. The molecule has 0 aliphatic rings. The second kappa shape index (κ2) is 7.58. The van der Waals surface area contributed by atoms with Crippen molar-refractivity contribution in [3.05, 3.63) is 46.7 Å². The molecule has 2 aromatic rings. The highest BCUT2D eigenvalue weighted by atomic mass is 32.1. The van der Waals surface area contributed by atoms with Crippen molar-refractivity contribution >= 4 is 11.3 Å². The van der Waals surface area contributed by atoms with Crippen molar-refractivity contribution < 1.29 is 0 Å². The van der Waals surface area contributed by atoms with Gasteiger partial charge in [0.25, 0.3) is 0 Å². The molecular weight excluding hydrogens is 264 g/mol. The van der Waals surface area contributed by atoms with Crippen LogP contribution in [0.4, 0.5) is 0 Å². The second-order valence-corrected chi connectivity index (χ2v) is 6.54. The van der Waals surface area contributed by atoms with Crippen molar-refractivity contribution in [3.63, 3.8) is 0 Å². The van der Waals surface area contributed by atoms with Crippen LogP contribution in [0.25, 0.3) is 11.1 Å². The summed E-state index contributed by atoms with van der Waals surface area (Å²) in [6.45, 7) is 4.36. The fourth-order valence-electron chi connectivity index (χ4n) is 2.08. The predicted octanol–water partition coefficient (Wildman–Crippen LogP) is 3.84. The number of thiophene rings is 1. The first-order valence-electron chi connectivity index (χ1n) is 7.16. The Morgan fingerprint density at radius 3 is 2.60 bits per heavy atom. The molecule has 0 spiro atoms. The first-order valence-corrected chi connectivity index (χ1v) is 8.04. The minimum absolute atomic E-state index is 0.555. The van der Waals surface area contributed by atoms with Crippen LogP contribution in [-0.4, -0.2) is 31.6 Å². The number of benzene rings is 1. The van der Waals surface area contributed by atoms with Crippen LogP contribution in [0, 0.1) is 0 Å². The van der Waals surface area contributed by atoms with E-state index in [1.807, 2.05) is 11.3 Å². The van der Waals surface area contributed by atoms with Gasteiger partial charge in [0, 0.05) is 17.5 Å². The fraction of sp³-hybridized carbons (Fsp3) is 0.412. The summed E-state index contributed by atoms with van der Waals surface area (Å²) in [5.74, 6) is 0. The van der Waals surface area contributed by atoms with Gasteiger partial charge in [0.05, 0.1) is 0 Å². The van der Waals surface area contributed by atoms with Gasteiger partial charge in [-0.05, 0) is 56.6 Å². The number of hydrogen-bond donors (Lipinski definition) is 1. The van der Waals surface area contributed by atoms with Crippen LogP contribution in [0.1, 0.15) is 18.2 Å². The summed E-state index contributed by atoms with van der Waals surface area (Å²) in [7, 11) is 4.25. The molecule has 0 fully saturated rings. The molecule has 1 N–H and O–H groups in total. The van der Waals surface area contributed by atoms with Gasteiger partial charge in [-0.1, -0.05) is 30.3 Å². The highest BCUT2D eigenvalue weighted by molar-refractivity contribution is 7.10. The predicted molar refractivity (Wildman–Crippen MR) is 89.2 cm³/mol. The van der Waals surface area contributed by atoms with Crippen molar-refractivity contribution in [1.82, 2.24) is 10.2 Å². The van der Waals surface area contributed by atoms with Crippen molar-refractivity contribution in [2.45, 2.75) is 25.9 Å². The topological polar surface area (TPSA) is 15.3 Å². The van der Waals surface area contributed by atoms with Gasteiger partial charge in [-0.15, -0.1) is 11.3 Å². The molecule has 1 heterocycles. The fourth-order valence-corrected chi connectivity index (χ4v) is 2.93. The second-order valence-electron chi connectivity index (χ2n) is 5.54. The summed E-state index contributed by atoms with van der Waals surface area (Å²) in [6, 6.07) is 13.4. The smallest absolute Gasteiger partial charge is 0.0302 e. The average Bonchev–Trinajstić information content (AvgIpc) is 2.93. The van der Waals surface area contributed by atoms with Crippen LogP contribution < -0.4 is 5.32 Å². The number of hydrogen-bond acceptors (Lipinski definition) is 3. The Labute approximate surface area is 126 Å². The van der Waals surface area contributed by atoms with Crippen LogP contribution in [0.2, 0.25) is 0 Å². The molecule has 0 bridgehead atoms. The van der Waals surface area contributed by atoms with Gasteiger partial charge < -0.3 is 10.2 Å². The molecule has 1 unspecified atom stereocenters.